The Morgan fingerprint density at radius 1 is 1.22 bits per heavy atom. The summed E-state index contributed by atoms with van der Waals surface area (Å²) in [6.45, 7) is -0.0101. The predicted octanol–water partition coefficient (Wildman–Crippen LogP) is 2.49. The summed E-state index contributed by atoms with van der Waals surface area (Å²) in [5.74, 6) is 0. The predicted molar refractivity (Wildman–Crippen MR) is 70.6 cm³/mol. The quantitative estimate of drug-likeness (QED) is 0.784. The van der Waals surface area contributed by atoms with Crippen LogP contribution in [-0.4, -0.2) is 20.1 Å². The number of aliphatic hydroxyl groups excluding tert-OH is 1. The van der Waals surface area contributed by atoms with Crippen LogP contribution in [-0.2, 0) is 6.61 Å². The van der Waals surface area contributed by atoms with Gasteiger partial charge in [-0.15, -0.1) is 5.10 Å². The number of hydrogen-bond donors (Lipinski definition) is 1. The Morgan fingerprint density at radius 2 is 2.11 bits per heavy atom. The number of hydrogen-bond acceptors (Lipinski definition) is 4. The molecule has 3 rings (SSSR count). The standard InChI is InChI=1S/C13H11N3OS/c17-8-10-3-1-2-4-13(10)16-7-12(14-15-16)11-5-6-18-9-11/h1-7,9,17H,8H2. The molecule has 18 heavy (non-hydrogen) atoms. The van der Waals surface area contributed by atoms with Crippen LogP contribution in [0.3, 0.4) is 0 Å². The summed E-state index contributed by atoms with van der Waals surface area (Å²) in [6, 6.07) is 9.61. The number of aromatic nitrogens is 3. The maximum Gasteiger partial charge on any atom is 0.114 e. The molecule has 0 amide bonds. The zero-order valence-electron chi connectivity index (χ0n) is 9.52. The van der Waals surface area contributed by atoms with Crippen LogP contribution in [0.5, 0.6) is 0 Å². The van der Waals surface area contributed by atoms with E-state index in [1.54, 1.807) is 16.0 Å². The number of para-hydroxylation sites is 1. The van der Waals surface area contributed by atoms with Crippen molar-refractivity contribution in [3.63, 3.8) is 0 Å². The molecule has 0 fully saturated rings. The lowest BCUT2D eigenvalue weighted by atomic mass is 10.2. The van der Waals surface area contributed by atoms with Gasteiger partial charge in [0, 0.05) is 16.5 Å². The molecule has 2 heterocycles. The van der Waals surface area contributed by atoms with E-state index in [-0.39, 0.29) is 6.61 Å². The fourth-order valence-electron chi connectivity index (χ4n) is 1.79. The van der Waals surface area contributed by atoms with Crippen molar-refractivity contribution in [3.8, 4) is 16.9 Å². The van der Waals surface area contributed by atoms with E-state index in [2.05, 4.69) is 10.3 Å². The molecule has 5 heteroatoms. The average molecular weight is 257 g/mol. The maximum atomic E-state index is 9.31. The van der Waals surface area contributed by atoms with Gasteiger partial charge in [-0.2, -0.15) is 11.3 Å². The molecule has 0 aliphatic carbocycles. The Hall–Kier alpha value is -1.98. The van der Waals surface area contributed by atoms with Gasteiger partial charge in [0.1, 0.15) is 5.69 Å². The lowest BCUT2D eigenvalue weighted by Gasteiger charge is -2.05. The minimum absolute atomic E-state index is 0.0101. The van der Waals surface area contributed by atoms with Gasteiger partial charge in [-0.1, -0.05) is 23.4 Å². The van der Waals surface area contributed by atoms with Crippen molar-refractivity contribution < 1.29 is 5.11 Å². The van der Waals surface area contributed by atoms with Crippen LogP contribution in [0.4, 0.5) is 0 Å². The first-order valence-electron chi connectivity index (χ1n) is 5.52. The summed E-state index contributed by atoms with van der Waals surface area (Å²) in [7, 11) is 0. The molecule has 1 N–H and O–H groups in total. The third kappa shape index (κ3) is 1.94. The summed E-state index contributed by atoms with van der Waals surface area (Å²) >= 11 is 1.63. The molecule has 1 aromatic carbocycles. The van der Waals surface area contributed by atoms with Crippen molar-refractivity contribution in [3.05, 3.63) is 52.9 Å². The minimum Gasteiger partial charge on any atom is -0.392 e. The lowest BCUT2D eigenvalue weighted by molar-refractivity contribution is 0.281. The first-order valence-corrected chi connectivity index (χ1v) is 6.47. The van der Waals surface area contributed by atoms with E-state index in [9.17, 15) is 5.11 Å². The van der Waals surface area contributed by atoms with Crippen LogP contribution in [0.15, 0.2) is 47.3 Å². The van der Waals surface area contributed by atoms with Crippen LogP contribution in [0.25, 0.3) is 16.9 Å². The molecule has 0 saturated carbocycles. The van der Waals surface area contributed by atoms with Gasteiger partial charge in [0.2, 0.25) is 0 Å². The highest BCUT2D eigenvalue weighted by molar-refractivity contribution is 7.08. The largest absolute Gasteiger partial charge is 0.392 e. The van der Waals surface area contributed by atoms with E-state index in [1.165, 1.54) is 0 Å². The van der Waals surface area contributed by atoms with Gasteiger partial charge in [-0.25, -0.2) is 4.68 Å². The van der Waals surface area contributed by atoms with Crippen molar-refractivity contribution >= 4 is 11.3 Å². The van der Waals surface area contributed by atoms with Crippen molar-refractivity contribution in [2.24, 2.45) is 0 Å². The monoisotopic (exact) mass is 257 g/mol. The third-order valence-corrected chi connectivity index (χ3v) is 3.40. The van der Waals surface area contributed by atoms with Crippen LogP contribution < -0.4 is 0 Å². The Balaban J connectivity index is 2.03. The van der Waals surface area contributed by atoms with Gasteiger partial charge in [-0.05, 0) is 17.5 Å². The molecular weight excluding hydrogens is 246 g/mol. The summed E-state index contributed by atoms with van der Waals surface area (Å²) in [4.78, 5) is 0. The van der Waals surface area contributed by atoms with Gasteiger partial charge >= 0.3 is 0 Å². The fraction of sp³-hybridized carbons (Fsp3) is 0.0769. The van der Waals surface area contributed by atoms with E-state index in [4.69, 9.17) is 0 Å². The molecular formula is C13H11N3OS. The number of thiophene rings is 1. The maximum absolute atomic E-state index is 9.31. The molecule has 4 nitrogen and oxygen atoms in total. The topological polar surface area (TPSA) is 50.9 Å². The van der Waals surface area contributed by atoms with E-state index in [0.717, 1.165) is 22.5 Å². The second kappa shape index (κ2) is 4.72. The molecule has 0 bridgehead atoms. The lowest BCUT2D eigenvalue weighted by Crippen LogP contribution is -2.00. The number of nitrogens with zero attached hydrogens (tertiary/aromatic N) is 3. The van der Waals surface area contributed by atoms with Gasteiger partial charge in [0.25, 0.3) is 0 Å². The summed E-state index contributed by atoms with van der Waals surface area (Å²) < 4.78 is 1.69. The number of aliphatic hydroxyl groups is 1. The number of benzene rings is 1. The second-order valence-electron chi connectivity index (χ2n) is 3.85. The SMILES string of the molecule is OCc1ccccc1-n1cc(-c2ccsc2)nn1. The average Bonchev–Trinajstić information content (AvgIpc) is 3.09. The van der Waals surface area contributed by atoms with Crippen LogP contribution >= 0.6 is 11.3 Å². The molecule has 3 aromatic rings. The Morgan fingerprint density at radius 3 is 2.89 bits per heavy atom. The zero-order valence-corrected chi connectivity index (χ0v) is 10.3. The molecule has 0 spiro atoms. The highest BCUT2D eigenvalue weighted by Gasteiger charge is 2.08. The van der Waals surface area contributed by atoms with E-state index >= 15 is 0 Å². The molecule has 0 radical (unpaired) electrons. The van der Waals surface area contributed by atoms with E-state index in [1.807, 2.05) is 47.3 Å². The molecule has 90 valence electrons. The molecule has 0 atom stereocenters. The van der Waals surface area contributed by atoms with Crippen molar-refractivity contribution in [1.29, 1.82) is 0 Å². The number of rotatable bonds is 3. The zero-order chi connectivity index (χ0) is 12.4. The first-order chi connectivity index (χ1) is 8.88. The fourth-order valence-corrected chi connectivity index (χ4v) is 2.44. The smallest absolute Gasteiger partial charge is 0.114 e. The third-order valence-electron chi connectivity index (χ3n) is 2.72. The molecule has 2 aromatic heterocycles. The van der Waals surface area contributed by atoms with Crippen LogP contribution in [0.1, 0.15) is 5.56 Å². The van der Waals surface area contributed by atoms with Crippen molar-refractivity contribution in [2.45, 2.75) is 6.61 Å². The molecule has 0 unspecified atom stereocenters. The molecule has 0 aliphatic heterocycles. The molecule has 0 saturated heterocycles. The molecule has 0 aliphatic rings. The summed E-state index contributed by atoms with van der Waals surface area (Å²) in [5, 5.41) is 21.6. The Bertz CT molecular complexity index is 646. The Labute approximate surface area is 108 Å². The summed E-state index contributed by atoms with van der Waals surface area (Å²) in [5.41, 5.74) is 3.59. The normalized spacial score (nSPS) is 10.7. The Kier molecular flexibility index (Phi) is 2.92. The minimum atomic E-state index is -0.0101. The van der Waals surface area contributed by atoms with Crippen molar-refractivity contribution in [1.82, 2.24) is 15.0 Å². The van der Waals surface area contributed by atoms with Crippen LogP contribution in [0, 0.1) is 0 Å². The highest BCUT2D eigenvalue weighted by atomic mass is 32.1. The van der Waals surface area contributed by atoms with Gasteiger partial charge < -0.3 is 5.11 Å². The highest BCUT2D eigenvalue weighted by Crippen LogP contribution is 2.21. The van der Waals surface area contributed by atoms with Gasteiger partial charge in [0.05, 0.1) is 18.5 Å². The van der Waals surface area contributed by atoms with Crippen LogP contribution in [0.2, 0.25) is 0 Å². The van der Waals surface area contributed by atoms with E-state index in [0.29, 0.717) is 0 Å². The van der Waals surface area contributed by atoms with Crippen molar-refractivity contribution in [2.75, 3.05) is 0 Å². The van der Waals surface area contributed by atoms with Gasteiger partial charge in [-0.3, -0.25) is 0 Å². The first kappa shape index (κ1) is 11.1. The van der Waals surface area contributed by atoms with Gasteiger partial charge in [0.15, 0.2) is 0 Å². The summed E-state index contributed by atoms with van der Waals surface area (Å²) in [6.07, 6.45) is 1.87. The van der Waals surface area contributed by atoms with E-state index < -0.39 is 0 Å². The second-order valence-corrected chi connectivity index (χ2v) is 4.63.